The molecule has 2 rings (SSSR count). The fourth-order valence-corrected chi connectivity index (χ4v) is 4.55. The van der Waals surface area contributed by atoms with Gasteiger partial charge in [0.2, 0.25) is 0 Å². The number of esters is 1. The van der Waals surface area contributed by atoms with Gasteiger partial charge in [0, 0.05) is 23.1 Å². The van der Waals surface area contributed by atoms with Gasteiger partial charge in [-0.3, -0.25) is 4.79 Å². The van der Waals surface area contributed by atoms with Gasteiger partial charge in [-0.1, -0.05) is 6.92 Å². The number of carbonyl (C=O) groups excluding carboxylic acids is 1. The summed E-state index contributed by atoms with van der Waals surface area (Å²) in [4.78, 5) is 15.9. The molecule has 1 aromatic rings. The lowest BCUT2D eigenvalue weighted by molar-refractivity contribution is -0.143. The Morgan fingerprint density at radius 1 is 1.52 bits per heavy atom. The largest absolute Gasteiger partial charge is 0.466 e. The molecule has 0 aromatic carbocycles. The number of thiazole rings is 1. The van der Waals surface area contributed by atoms with Gasteiger partial charge in [0.1, 0.15) is 0 Å². The van der Waals surface area contributed by atoms with Gasteiger partial charge < -0.3 is 10.1 Å². The highest BCUT2D eigenvalue weighted by Crippen LogP contribution is 2.32. The van der Waals surface area contributed by atoms with Crippen molar-refractivity contribution in [3.63, 3.8) is 0 Å². The first-order chi connectivity index (χ1) is 10.2. The summed E-state index contributed by atoms with van der Waals surface area (Å²) in [6.07, 6.45) is 4.84. The smallest absolute Gasteiger partial charge is 0.306 e. The maximum atomic E-state index is 11.3. The monoisotopic (exact) mass is 328 g/mol. The Hall–Kier alpha value is -0.750. The Balaban J connectivity index is 1.74. The Labute approximate surface area is 135 Å². The molecule has 4 nitrogen and oxygen atoms in total. The Kier molecular flexibility index (Phi) is 6.83. The van der Waals surface area contributed by atoms with Gasteiger partial charge >= 0.3 is 5.97 Å². The fraction of sp³-hybridized carbons (Fsp3) is 0.733. The number of thioether (sulfide) groups is 1. The van der Waals surface area contributed by atoms with E-state index in [0.717, 1.165) is 16.1 Å². The predicted molar refractivity (Wildman–Crippen MR) is 90.2 cm³/mol. The molecule has 0 aliphatic heterocycles. The molecule has 1 aromatic heterocycles. The first-order valence-electron chi connectivity index (χ1n) is 7.69. The maximum absolute atomic E-state index is 11.3. The average molecular weight is 329 g/mol. The number of nitrogens with one attached hydrogen (secondary N) is 1. The summed E-state index contributed by atoms with van der Waals surface area (Å²) >= 11 is 3.70. The first kappa shape index (κ1) is 16.6. The molecule has 1 fully saturated rings. The zero-order chi connectivity index (χ0) is 15.1. The van der Waals surface area contributed by atoms with Gasteiger partial charge in [0.25, 0.3) is 0 Å². The summed E-state index contributed by atoms with van der Waals surface area (Å²) in [6.45, 7) is 4.50. The van der Waals surface area contributed by atoms with Crippen molar-refractivity contribution in [3.8, 4) is 0 Å². The molecule has 0 saturated heterocycles. The second-order valence-corrected chi connectivity index (χ2v) is 7.62. The standard InChI is InChI=1S/C15H24N2O2S2/c1-3-19-14(18)8-6-12-10-21-15(17-12)16-11-5-7-13(9-11)20-4-2/h10-11,13H,3-9H2,1-2H3,(H,16,17). The van der Waals surface area contributed by atoms with Crippen LogP contribution in [-0.4, -0.2) is 34.6 Å². The number of aromatic nitrogens is 1. The number of nitrogens with zero attached hydrogens (tertiary/aromatic N) is 1. The molecule has 118 valence electrons. The van der Waals surface area contributed by atoms with Gasteiger partial charge in [-0.2, -0.15) is 11.8 Å². The van der Waals surface area contributed by atoms with E-state index in [2.05, 4.69) is 29.0 Å². The second-order valence-electron chi connectivity index (χ2n) is 5.18. The lowest BCUT2D eigenvalue weighted by Gasteiger charge is -2.11. The van der Waals surface area contributed by atoms with Crippen molar-refractivity contribution in [2.24, 2.45) is 0 Å². The van der Waals surface area contributed by atoms with Crippen LogP contribution in [0.4, 0.5) is 5.13 Å². The van der Waals surface area contributed by atoms with Crippen molar-refractivity contribution in [1.82, 2.24) is 4.98 Å². The molecule has 1 N–H and O–H groups in total. The molecule has 21 heavy (non-hydrogen) atoms. The zero-order valence-electron chi connectivity index (χ0n) is 12.8. The summed E-state index contributed by atoms with van der Waals surface area (Å²) in [5.74, 6) is 1.06. The second kappa shape index (κ2) is 8.63. The van der Waals surface area contributed by atoms with E-state index in [9.17, 15) is 4.79 Å². The van der Waals surface area contributed by atoms with E-state index in [1.165, 1.54) is 25.0 Å². The van der Waals surface area contributed by atoms with Crippen molar-refractivity contribution >= 4 is 34.2 Å². The molecule has 0 radical (unpaired) electrons. The topological polar surface area (TPSA) is 51.2 Å². The van der Waals surface area contributed by atoms with Crippen molar-refractivity contribution in [1.29, 1.82) is 0 Å². The summed E-state index contributed by atoms with van der Waals surface area (Å²) in [6, 6.07) is 0.554. The van der Waals surface area contributed by atoms with Crippen LogP contribution >= 0.6 is 23.1 Å². The fourth-order valence-electron chi connectivity index (χ4n) is 2.58. The van der Waals surface area contributed by atoms with E-state index in [1.54, 1.807) is 11.3 Å². The van der Waals surface area contributed by atoms with Gasteiger partial charge in [-0.25, -0.2) is 4.98 Å². The number of rotatable bonds is 8. The van der Waals surface area contributed by atoms with E-state index < -0.39 is 0 Å². The van der Waals surface area contributed by atoms with Crippen LogP contribution in [0.2, 0.25) is 0 Å². The average Bonchev–Trinajstić information content (AvgIpc) is 3.08. The number of ether oxygens (including phenoxy) is 1. The third kappa shape index (κ3) is 5.51. The van der Waals surface area contributed by atoms with E-state index >= 15 is 0 Å². The number of anilines is 1. The normalized spacial score (nSPS) is 21.4. The van der Waals surface area contributed by atoms with Crippen LogP contribution in [0.5, 0.6) is 0 Å². The summed E-state index contributed by atoms with van der Waals surface area (Å²) in [7, 11) is 0. The van der Waals surface area contributed by atoms with Crippen molar-refractivity contribution in [2.45, 2.75) is 57.2 Å². The van der Waals surface area contributed by atoms with E-state index in [4.69, 9.17) is 4.74 Å². The lowest BCUT2D eigenvalue weighted by Crippen LogP contribution is -2.15. The van der Waals surface area contributed by atoms with Crippen LogP contribution in [-0.2, 0) is 16.0 Å². The molecule has 0 amide bonds. The summed E-state index contributed by atoms with van der Waals surface area (Å²) < 4.78 is 4.93. The van der Waals surface area contributed by atoms with Crippen LogP contribution in [0.3, 0.4) is 0 Å². The maximum Gasteiger partial charge on any atom is 0.306 e. The summed E-state index contributed by atoms with van der Waals surface area (Å²) in [5, 5.41) is 7.37. The Bertz CT molecular complexity index is 451. The minimum absolute atomic E-state index is 0.143. The van der Waals surface area contributed by atoms with Crippen LogP contribution < -0.4 is 5.32 Å². The van der Waals surface area contributed by atoms with E-state index in [-0.39, 0.29) is 5.97 Å². The molecule has 1 saturated carbocycles. The molecule has 1 aliphatic carbocycles. The van der Waals surface area contributed by atoms with Crippen LogP contribution in [0, 0.1) is 0 Å². The number of aryl methyl sites for hydroxylation is 1. The van der Waals surface area contributed by atoms with E-state index in [1.807, 2.05) is 12.3 Å². The van der Waals surface area contributed by atoms with Gasteiger partial charge in [-0.15, -0.1) is 11.3 Å². The van der Waals surface area contributed by atoms with Crippen LogP contribution in [0.1, 0.15) is 45.2 Å². The first-order valence-corrected chi connectivity index (χ1v) is 9.62. The molecule has 6 heteroatoms. The van der Waals surface area contributed by atoms with Gasteiger partial charge in [-0.05, 0) is 31.9 Å². The predicted octanol–water partition coefficient (Wildman–Crippen LogP) is 3.72. The van der Waals surface area contributed by atoms with Crippen LogP contribution in [0.25, 0.3) is 0 Å². The molecule has 2 unspecified atom stereocenters. The van der Waals surface area contributed by atoms with Gasteiger partial charge in [0.15, 0.2) is 5.13 Å². The summed E-state index contributed by atoms with van der Waals surface area (Å²) in [5.41, 5.74) is 0.980. The SMILES string of the molecule is CCOC(=O)CCc1csc(NC2CCC(SCC)C2)n1. The lowest BCUT2D eigenvalue weighted by atomic mass is 10.2. The van der Waals surface area contributed by atoms with Crippen molar-refractivity contribution in [2.75, 3.05) is 17.7 Å². The van der Waals surface area contributed by atoms with Gasteiger partial charge in [0.05, 0.1) is 18.7 Å². The molecule has 1 heterocycles. The molecular weight excluding hydrogens is 304 g/mol. The Morgan fingerprint density at radius 2 is 2.38 bits per heavy atom. The highest BCUT2D eigenvalue weighted by Gasteiger charge is 2.24. The molecule has 1 aliphatic rings. The molecule has 2 atom stereocenters. The zero-order valence-corrected chi connectivity index (χ0v) is 14.4. The number of hydrogen-bond acceptors (Lipinski definition) is 6. The third-order valence-electron chi connectivity index (χ3n) is 3.56. The van der Waals surface area contributed by atoms with Crippen molar-refractivity contribution in [3.05, 3.63) is 11.1 Å². The number of carbonyl (C=O) groups is 1. The minimum Gasteiger partial charge on any atom is -0.466 e. The van der Waals surface area contributed by atoms with Crippen LogP contribution in [0.15, 0.2) is 5.38 Å². The highest BCUT2D eigenvalue weighted by atomic mass is 32.2. The van der Waals surface area contributed by atoms with Crippen molar-refractivity contribution < 1.29 is 9.53 Å². The minimum atomic E-state index is -0.143. The Morgan fingerprint density at radius 3 is 3.14 bits per heavy atom. The molecule has 0 bridgehead atoms. The van der Waals surface area contributed by atoms with E-state index in [0.29, 0.717) is 25.5 Å². The molecule has 0 spiro atoms. The quantitative estimate of drug-likeness (QED) is 0.737. The highest BCUT2D eigenvalue weighted by molar-refractivity contribution is 7.99. The third-order valence-corrected chi connectivity index (χ3v) is 5.61. The molecular formula is C15H24N2O2S2. The number of hydrogen-bond donors (Lipinski definition) is 1.